The number of aldehydes is 1. The average Bonchev–Trinajstić information content (AvgIpc) is 2.58. The molecule has 3 nitrogen and oxygen atoms in total. The molecule has 1 unspecified atom stereocenters. The van der Waals surface area contributed by atoms with Crippen molar-refractivity contribution in [2.75, 3.05) is 5.32 Å². The standard InChI is InChI=1S/C18H19F3N2O/c1-13(12-24)22-10-14-5-7-17(8-6-14)23-11-15-3-2-4-16(9-15)18(19,20)21/h2-9,12-13,22-23H,10-11H2,1H3. The van der Waals surface area contributed by atoms with Crippen LogP contribution in [0.15, 0.2) is 48.5 Å². The van der Waals surface area contributed by atoms with Crippen LogP contribution in [0.3, 0.4) is 0 Å². The Kier molecular flexibility index (Phi) is 5.98. The second kappa shape index (κ2) is 7.97. The number of hydrogen-bond donors (Lipinski definition) is 2. The second-order valence-electron chi connectivity index (χ2n) is 5.55. The number of hydrogen-bond acceptors (Lipinski definition) is 3. The van der Waals surface area contributed by atoms with Gasteiger partial charge in [0.1, 0.15) is 6.29 Å². The molecule has 0 fully saturated rings. The van der Waals surface area contributed by atoms with E-state index in [1.54, 1.807) is 13.0 Å². The Balaban J connectivity index is 1.92. The molecule has 0 aliphatic heterocycles. The predicted molar refractivity (Wildman–Crippen MR) is 87.6 cm³/mol. The molecule has 0 amide bonds. The number of carbonyl (C=O) groups is 1. The monoisotopic (exact) mass is 336 g/mol. The molecule has 128 valence electrons. The lowest BCUT2D eigenvalue weighted by molar-refractivity contribution is -0.137. The summed E-state index contributed by atoms with van der Waals surface area (Å²) in [5, 5.41) is 6.15. The van der Waals surface area contributed by atoms with Gasteiger partial charge < -0.3 is 15.4 Å². The molecule has 0 radical (unpaired) electrons. The Morgan fingerprint density at radius 2 is 1.75 bits per heavy atom. The summed E-state index contributed by atoms with van der Waals surface area (Å²) in [7, 11) is 0. The Morgan fingerprint density at radius 3 is 2.38 bits per heavy atom. The van der Waals surface area contributed by atoms with E-state index in [2.05, 4.69) is 10.6 Å². The molecule has 0 spiro atoms. The van der Waals surface area contributed by atoms with Gasteiger partial charge in [0.2, 0.25) is 0 Å². The summed E-state index contributed by atoms with van der Waals surface area (Å²) in [4.78, 5) is 10.5. The molecule has 2 N–H and O–H groups in total. The molecule has 6 heteroatoms. The fourth-order valence-corrected chi connectivity index (χ4v) is 2.13. The van der Waals surface area contributed by atoms with E-state index in [0.29, 0.717) is 18.7 Å². The third-order valence-electron chi connectivity index (χ3n) is 3.54. The molecule has 0 aliphatic rings. The fourth-order valence-electron chi connectivity index (χ4n) is 2.13. The lowest BCUT2D eigenvalue weighted by atomic mass is 10.1. The van der Waals surface area contributed by atoms with Gasteiger partial charge in [-0.05, 0) is 42.3 Å². The molecule has 0 saturated carbocycles. The molecular formula is C18H19F3N2O. The minimum atomic E-state index is -4.33. The van der Waals surface area contributed by atoms with Crippen LogP contribution >= 0.6 is 0 Å². The van der Waals surface area contributed by atoms with E-state index in [1.165, 1.54) is 6.07 Å². The number of halogens is 3. The first-order valence-electron chi connectivity index (χ1n) is 7.56. The Labute approximate surface area is 138 Å². The van der Waals surface area contributed by atoms with E-state index in [4.69, 9.17) is 0 Å². The van der Waals surface area contributed by atoms with Crippen LogP contribution in [0.5, 0.6) is 0 Å². The first kappa shape index (κ1) is 18.0. The Morgan fingerprint density at radius 1 is 1.04 bits per heavy atom. The summed E-state index contributed by atoms with van der Waals surface area (Å²) in [5.41, 5.74) is 1.76. The topological polar surface area (TPSA) is 41.1 Å². The van der Waals surface area contributed by atoms with Crippen molar-refractivity contribution in [1.29, 1.82) is 0 Å². The number of nitrogens with one attached hydrogen (secondary N) is 2. The largest absolute Gasteiger partial charge is 0.416 e. The maximum absolute atomic E-state index is 12.7. The van der Waals surface area contributed by atoms with Crippen molar-refractivity contribution in [2.45, 2.75) is 32.2 Å². The summed E-state index contributed by atoms with van der Waals surface area (Å²) in [6.45, 7) is 2.66. The highest BCUT2D eigenvalue weighted by Crippen LogP contribution is 2.29. The molecule has 0 aromatic heterocycles. The van der Waals surface area contributed by atoms with Crippen LogP contribution in [-0.4, -0.2) is 12.3 Å². The van der Waals surface area contributed by atoms with Gasteiger partial charge in [-0.1, -0.05) is 24.3 Å². The van der Waals surface area contributed by atoms with Crippen LogP contribution in [0.25, 0.3) is 0 Å². The minimum Gasteiger partial charge on any atom is -0.381 e. The predicted octanol–water partition coefficient (Wildman–Crippen LogP) is 3.99. The summed E-state index contributed by atoms with van der Waals surface area (Å²) >= 11 is 0. The number of anilines is 1. The molecule has 2 aromatic carbocycles. The zero-order valence-electron chi connectivity index (χ0n) is 13.2. The van der Waals surface area contributed by atoms with E-state index in [1.807, 2.05) is 24.3 Å². The molecule has 0 bridgehead atoms. The Bertz CT molecular complexity index is 669. The van der Waals surface area contributed by atoms with E-state index in [-0.39, 0.29) is 6.04 Å². The highest BCUT2D eigenvalue weighted by atomic mass is 19.4. The van der Waals surface area contributed by atoms with Gasteiger partial charge in [0.05, 0.1) is 11.6 Å². The zero-order chi connectivity index (χ0) is 17.6. The van der Waals surface area contributed by atoms with Crippen molar-refractivity contribution in [3.8, 4) is 0 Å². The molecule has 1 atom stereocenters. The molecular weight excluding hydrogens is 317 g/mol. The SMILES string of the molecule is CC(C=O)NCc1ccc(NCc2cccc(C(F)(F)F)c2)cc1. The highest BCUT2D eigenvalue weighted by Gasteiger charge is 2.30. The molecule has 0 saturated heterocycles. The number of rotatable bonds is 7. The van der Waals surface area contributed by atoms with Crippen LogP contribution < -0.4 is 10.6 Å². The van der Waals surface area contributed by atoms with Crippen molar-refractivity contribution < 1.29 is 18.0 Å². The fraction of sp³-hybridized carbons (Fsp3) is 0.278. The normalized spacial score (nSPS) is 12.7. The third kappa shape index (κ3) is 5.38. The maximum Gasteiger partial charge on any atom is 0.416 e. The van der Waals surface area contributed by atoms with Crippen LogP contribution in [0.1, 0.15) is 23.6 Å². The summed E-state index contributed by atoms with van der Waals surface area (Å²) in [6, 6.07) is 12.6. The number of benzene rings is 2. The lowest BCUT2D eigenvalue weighted by Gasteiger charge is -2.11. The van der Waals surface area contributed by atoms with Crippen LogP contribution in [0.2, 0.25) is 0 Å². The van der Waals surface area contributed by atoms with Crippen LogP contribution in [0, 0.1) is 0 Å². The quantitative estimate of drug-likeness (QED) is 0.751. The van der Waals surface area contributed by atoms with E-state index >= 15 is 0 Å². The second-order valence-corrected chi connectivity index (χ2v) is 5.55. The van der Waals surface area contributed by atoms with Crippen molar-refractivity contribution in [2.24, 2.45) is 0 Å². The summed E-state index contributed by atoms with van der Waals surface area (Å²) < 4.78 is 38.0. The van der Waals surface area contributed by atoms with Crippen molar-refractivity contribution in [3.05, 3.63) is 65.2 Å². The van der Waals surface area contributed by atoms with Gasteiger partial charge in [-0.2, -0.15) is 13.2 Å². The van der Waals surface area contributed by atoms with Crippen LogP contribution in [0.4, 0.5) is 18.9 Å². The average molecular weight is 336 g/mol. The minimum absolute atomic E-state index is 0.205. The van der Waals surface area contributed by atoms with Crippen molar-refractivity contribution in [1.82, 2.24) is 5.32 Å². The lowest BCUT2D eigenvalue weighted by Crippen LogP contribution is -2.26. The maximum atomic E-state index is 12.7. The van der Waals surface area contributed by atoms with Crippen molar-refractivity contribution in [3.63, 3.8) is 0 Å². The van der Waals surface area contributed by atoms with Gasteiger partial charge in [0, 0.05) is 18.8 Å². The first-order chi connectivity index (χ1) is 11.4. The van der Waals surface area contributed by atoms with Gasteiger partial charge in [-0.3, -0.25) is 0 Å². The molecule has 2 rings (SSSR count). The molecule has 0 heterocycles. The smallest absolute Gasteiger partial charge is 0.381 e. The summed E-state index contributed by atoms with van der Waals surface area (Å²) in [6.07, 6.45) is -3.49. The van der Waals surface area contributed by atoms with E-state index < -0.39 is 11.7 Å². The molecule has 24 heavy (non-hydrogen) atoms. The number of alkyl halides is 3. The molecule has 0 aliphatic carbocycles. The van der Waals surface area contributed by atoms with Crippen molar-refractivity contribution >= 4 is 12.0 Å². The zero-order valence-corrected chi connectivity index (χ0v) is 13.2. The number of carbonyl (C=O) groups excluding carboxylic acids is 1. The van der Waals surface area contributed by atoms with Gasteiger partial charge in [0.25, 0.3) is 0 Å². The van der Waals surface area contributed by atoms with E-state index in [0.717, 1.165) is 29.7 Å². The summed E-state index contributed by atoms with van der Waals surface area (Å²) in [5.74, 6) is 0. The molecule has 2 aromatic rings. The van der Waals surface area contributed by atoms with E-state index in [9.17, 15) is 18.0 Å². The first-order valence-corrected chi connectivity index (χ1v) is 7.56. The van der Waals surface area contributed by atoms with Crippen LogP contribution in [-0.2, 0) is 24.1 Å². The van der Waals surface area contributed by atoms with Gasteiger partial charge in [0.15, 0.2) is 0 Å². The highest BCUT2D eigenvalue weighted by molar-refractivity contribution is 5.56. The van der Waals surface area contributed by atoms with Gasteiger partial charge in [-0.25, -0.2) is 0 Å². The van der Waals surface area contributed by atoms with Gasteiger partial charge >= 0.3 is 6.18 Å². The van der Waals surface area contributed by atoms with Gasteiger partial charge in [-0.15, -0.1) is 0 Å². The third-order valence-corrected chi connectivity index (χ3v) is 3.54. The Hall–Kier alpha value is -2.34.